The third-order valence-electron chi connectivity index (χ3n) is 2.58. The van der Waals surface area contributed by atoms with Crippen LogP contribution in [-0.4, -0.2) is 17.8 Å². The number of rotatable bonds is 6. The van der Waals surface area contributed by atoms with Crippen molar-refractivity contribution in [2.24, 2.45) is 0 Å². The van der Waals surface area contributed by atoms with Gasteiger partial charge >= 0.3 is 0 Å². The van der Waals surface area contributed by atoms with Crippen molar-refractivity contribution in [1.29, 1.82) is 5.26 Å². The lowest BCUT2D eigenvalue weighted by molar-refractivity contribution is 0.450. The summed E-state index contributed by atoms with van der Waals surface area (Å²) in [6.45, 7) is 4.50. The first kappa shape index (κ1) is 14.9. The van der Waals surface area contributed by atoms with Gasteiger partial charge in [0.2, 0.25) is 0 Å². The SMILES string of the molecule is CCNC(C)(C#N)CCSc1ccc(F)c(F)c1. The predicted octanol–water partition coefficient (Wildman–Crippen LogP) is 3.34. The summed E-state index contributed by atoms with van der Waals surface area (Å²) in [5.41, 5.74) is -0.569. The lowest BCUT2D eigenvalue weighted by Crippen LogP contribution is -2.41. The molecule has 98 valence electrons. The number of nitriles is 1. The van der Waals surface area contributed by atoms with Crippen LogP contribution < -0.4 is 5.32 Å². The molecule has 1 unspecified atom stereocenters. The largest absolute Gasteiger partial charge is 0.300 e. The zero-order valence-corrected chi connectivity index (χ0v) is 11.3. The van der Waals surface area contributed by atoms with E-state index >= 15 is 0 Å². The molecule has 5 heteroatoms. The van der Waals surface area contributed by atoms with Gasteiger partial charge in [0, 0.05) is 10.6 Å². The minimum atomic E-state index is -0.839. The highest BCUT2D eigenvalue weighted by atomic mass is 32.2. The fourth-order valence-electron chi connectivity index (χ4n) is 1.51. The average molecular weight is 270 g/mol. The molecule has 0 amide bonds. The second kappa shape index (κ2) is 6.72. The van der Waals surface area contributed by atoms with E-state index in [1.165, 1.54) is 17.8 Å². The first-order valence-corrected chi connectivity index (χ1v) is 6.73. The van der Waals surface area contributed by atoms with Crippen LogP contribution in [0.25, 0.3) is 0 Å². The van der Waals surface area contributed by atoms with Crippen molar-refractivity contribution in [3.05, 3.63) is 29.8 Å². The van der Waals surface area contributed by atoms with Crippen LogP contribution in [0, 0.1) is 23.0 Å². The normalized spacial score (nSPS) is 13.9. The van der Waals surface area contributed by atoms with Crippen LogP contribution >= 0.6 is 11.8 Å². The maximum absolute atomic E-state index is 13.0. The Balaban J connectivity index is 2.51. The maximum atomic E-state index is 13.0. The Hall–Kier alpha value is -1.12. The Morgan fingerprint density at radius 3 is 2.67 bits per heavy atom. The van der Waals surface area contributed by atoms with Crippen molar-refractivity contribution < 1.29 is 8.78 Å². The van der Waals surface area contributed by atoms with Crippen molar-refractivity contribution in [1.82, 2.24) is 5.32 Å². The molecular formula is C13H16F2N2S. The molecule has 0 aliphatic heterocycles. The van der Waals surface area contributed by atoms with Gasteiger partial charge in [-0.15, -0.1) is 11.8 Å². The van der Waals surface area contributed by atoms with Crippen molar-refractivity contribution in [2.45, 2.75) is 30.7 Å². The molecule has 1 aromatic carbocycles. The van der Waals surface area contributed by atoms with Gasteiger partial charge in [-0.05, 0) is 38.1 Å². The van der Waals surface area contributed by atoms with Crippen LogP contribution in [-0.2, 0) is 0 Å². The summed E-state index contributed by atoms with van der Waals surface area (Å²) >= 11 is 1.41. The number of halogens is 2. The minimum Gasteiger partial charge on any atom is -0.300 e. The van der Waals surface area contributed by atoms with E-state index < -0.39 is 17.2 Å². The summed E-state index contributed by atoms with van der Waals surface area (Å²) in [4.78, 5) is 0.672. The van der Waals surface area contributed by atoms with Crippen molar-refractivity contribution in [3.63, 3.8) is 0 Å². The highest BCUT2D eigenvalue weighted by Gasteiger charge is 2.21. The fraction of sp³-hybridized carbons (Fsp3) is 0.462. The molecule has 2 nitrogen and oxygen atoms in total. The van der Waals surface area contributed by atoms with E-state index in [0.29, 0.717) is 17.1 Å². The van der Waals surface area contributed by atoms with Gasteiger partial charge in [-0.2, -0.15) is 5.26 Å². The van der Waals surface area contributed by atoms with Crippen LogP contribution in [0.5, 0.6) is 0 Å². The van der Waals surface area contributed by atoms with Gasteiger partial charge in [-0.3, -0.25) is 5.32 Å². The summed E-state index contributed by atoms with van der Waals surface area (Å²) in [5, 5.41) is 12.2. The second-order valence-electron chi connectivity index (χ2n) is 4.15. The molecule has 0 fully saturated rings. The number of hydrogen-bond donors (Lipinski definition) is 1. The summed E-state index contributed by atoms with van der Waals surface area (Å²) in [7, 11) is 0. The van der Waals surface area contributed by atoms with E-state index in [-0.39, 0.29) is 0 Å². The lowest BCUT2D eigenvalue weighted by atomic mass is 10.0. The standard InChI is InChI=1S/C13H16F2N2S/c1-3-17-13(2,9-16)6-7-18-10-4-5-11(14)12(15)8-10/h4-5,8,17H,3,6-7H2,1-2H3. The molecule has 1 rings (SSSR count). The number of nitrogens with zero attached hydrogens (tertiary/aromatic N) is 1. The zero-order valence-electron chi connectivity index (χ0n) is 10.5. The molecule has 18 heavy (non-hydrogen) atoms. The number of thioether (sulfide) groups is 1. The van der Waals surface area contributed by atoms with E-state index in [2.05, 4.69) is 11.4 Å². The topological polar surface area (TPSA) is 35.8 Å². The summed E-state index contributed by atoms with van der Waals surface area (Å²) in [5.74, 6) is -1.01. The van der Waals surface area contributed by atoms with Crippen molar-refractivity contribution in [2.75, 3.05) is 12.3 Å². The first-order chi connectivity index (χ1) is 8.50. The van der Waals surface area contributed by atoms with Gasteiger partial charge in [0.05, 0.1) is 6.07 Å². The smallest absolute Gasteiger partial charge is 0.159 e. The summed E-state index contributed by atoms with van der Waals surface area (Å²) in [6.07, 6.45) is 0.640. The van der Waals surface area contributed by atoms with Crippen LogP contribution in [0.1, 0.15) is 20.3 Å². The fourth-order valence-corrected chi connectivity index (χ4v) is 2.61. The van der Waals surface area contributed by atoms with E-state index in [4.69, 9.17) is 5.26 Å². The van der Waals surface area contributed by atoms with Gasteiger partial charge in [0.25, 0.3) is 0 Å². The molecule has 0 aromatic heterocycles. The highest BCUT2D eigenvalue weighted by molar-refractivity contribution is 7.99. The second-order valence-corrected chi connectivity index (χ2v) is 5.32. The molecule has 1 aromatic rings. The van der Waals surface area contributed by atoms with E-state index in [1.54, 1.807) is 6.07 Å². The van der Waals surface area contributed by atoms with Crippen LogP contribution in [0.15, 0.2) is 23.1 Å². The Morgan fingerprint density at radius 1 is 1.39 bits per heavy atom. The molecule has 0 aliphatic carbocycles. The summed E-state index contributed by atoms with van der Waals surface area (Å²) in [6, 6.07) is 6.06. The third kappa shape index (κ3) is 4.28. The molecular weight excluding hydrogens is 254 g/mol. The molecule has 1 N–H and O–H groups in total. The van der Waals surface area contributed by atoms with Crippen molar-refractivity contribution in [3.8, 4) is 6.07 Å². The van der Waals surface area contributed by atoms with Crippen LogP contribution in [0.4, 0.5) is 8.78 Å². The number of nitrogens with one attached hydrogen (secondary N) is 1. The van der Waals surface area contributed by atoms with Gasteiger partial charge in [0.15, 0.2) is 11.6 Å². The first-order valence-electron chi connectivity index (χ1n) is 5.75. The molecule has 1 atom stereocenters. The Morgan fingerprint density at radius 2 is 2.11 bits per heavy atom. The molecule has 0 aliphatic rings. The maximum Gasteiger partial charge on any atom is 0.159 e. The summed E-state index contributed by atoms with van der Waals surface area (Å²) < 4.78 is 25.7. The quantitative estimate of drug-likeness (QED) is 0.805. The highest BCUT2D eigenvalue weighted by Crippen LogP contribution is 2.23. The predicted molar refractivity (Wildman–Crippen MR) is 69.4 cm³/mol. The molecule has 0 radical (unpaired) electrons. The minimum absolute atomic E-state index is 0.569. The van der Waals surface area contributed by atoms with Gasteiger partial charge in [-0.1, -0.05) is 6.92 Å². The molecule has 0 spiro atoms. The Bertz CT molecular complexity index is 445. The number of benzene rings is 1. The zero-order chi connectivity index (χ0) is 13.6. The molecule has 0 heterocycles. The third-order valence-corrected chi connectivity index (χ3v) is 3.57. The van der Waals surface area contributed by atoms with E-state index in [9.17, 15) is 8.78 Å². The van der Waals surface area contributed by atoms with Gasteiger partial charge in [0.1, 0.15) is 5.54 Å². The van der Waals surface area contributed by atoms with Gasteiger partial charge in [-0.25, -0.2) is 8.78 Å². The van der Waals surface area contributed by atoms with Crippen molar-refractivity contribution >= 4 is 11.8 Å². The van der Waals surface area contributed by atoms with Gasteiger partial charge < -0.3 is 0 Å². The molecule has 0 saturated carbocycles. The Kier molecular flexibility index (Phi) is 5.57. The monoisotopic (exact) mass is 270 g/mol. The molecule has 0 bridgehead atoms. The molecule has 0 saturated heterocycles. The van der Waals surface area contributed by atoms with E-state index in [1.807, 2.05) is 13.8 Å². The lowest BCUT2D eigenvalue weighted by Gasteiger charge is -2.21. The van der Waals surface area contributed by atoms with E-state index in [0.717, 1.165) is 12.6 Å². The number of hydrogen-bond acceptors (Lipinski definition) is 3. The Labute approximate surface area is 110 Å². The average Bonchev–Trinajstić information content (AvgIpc) is 2.34. The van der Waals surface area contributed by atoms with Crippen LogP contribution in [0.2, 0.25) is 0 Å². The van der Waals surface area contributed by atoms with Crippen LogP contribution in [0.3, 0.4) is 0 Å².